The molecule has 148 valence electrons. The summed E-state index contributed by atoms with van der Waals surface area (Å²) in [6, 6.07) is 9.51. The van der Waals surface area contributed by atoms with Gasteiger partial charge in [-0.1, -0.05) is 18.2 Å². The lowest BCUT2D eigenvalue weighted by Gasteiger charge is -2.16. The first-order chi connectivity index (χ1) is 13.3. The summed E-state index contributed by atoms with van der Waals surface area (Å²) >= 11 is 0. The Balaban J connectivity index is 1.81. The van der Waals surface area contributed by atoms with E-state index >= 15 is 0 Å². The molecule has 2 N–H and O–H groups in total. The van der Waals surface area contributed by atoms with E-state index in [1.165, 1.54) is 40.7 Å². The van der Waals surface area contributed by atoms with E-state index in [0.29, 0.717) is 13.1 Å². The van der Waals surface area contributed by atoms with E-state index in [-0.39, 0.29) is 34.0 Å². The van der Waals surface area contributed by atoms with E-state index in [1.807, 2.05) is 0 Å². The summed E-state index contributed by atoms with van der Waals surface area (Å²) in [6.07, 6.45) is 1.28. The molecule has 0 unspecified atom stereocenters. The summed E-state index contributed by atoms with van der Waals surface area (Å²) in [5, 5.41) is 23.5. The normalized spacial score (nSPS) is 14.7. The molecule has 1 amide bonds. The molecule has 1 saturated heterocycles. The van der Waals surface area contributed by atoms with Crippen molar-refractivity contribution in [2.24, 2.45) is 0 Å². The van der Waals surface area contributed by atoms with Gasteiger partial charge in [-0.05, 0) is 31.0 Å². The Morgan fingerprint density at radius 1 is 1.18 bits per heavy atom. The summed E-state index contributed by atoms with van der Waals surface area (Å²) in [6.45, 7) is 0.866. The predicted octanol–water partition coefficient (Wildman–Crippen LogP) is 2.27. The van der Waals surface area contributed by atoms with Crippen LogP contribution in [-0.2, 0) is 21.2 Å². The van der Waals surface area contributed by atoms with Gasteiger partial charge in [0.2, 0.25) is 15.9 Å². The van der Waals surface area contributed by atoms with Crippen LogP contribution in [0, 0.1) is 10.1 Å². The van der Waals surface area contributed by atoms with Crippen molar-refractivity contribution in [3.8, 4) is 5.75 Å². The first-order valence-corrected chi connectivity index (χ1v) is 10.1. The van der Waals surface area contributed by atoms with E-state index < -0.39 is 20.9 Å². The molecule has 2 aromatic rings. The van der Waals surface area contributed by atoms with Gasteiger partial charge in [-0.2, -0.15) is 4.31 Å². The molecule has 1 fully saturated rings. The highest BCUT2D eigenvalue weighted by Crippen LogP contribution is 2.29. The fraction of sp³-hybridized carbons (Fsp3) is 0.278. The number of para-hydroxylation sites is 1. The van der Waals surface area contributed by atoms with Crippen molar-refractivity contribution >= 4 is 27.3 Å². The topological polar surface area (TPSA) is 130 Å². The molecule has 2 aromatic carbocycles. The Morgan fingerprint density at radius 3 is 2.54 bits per heavy atom. The highest BCUT2D eigenvalue weighted by Gasteiger charge is 2.28. The number of benzene rings is 2. The van der Waals surface area contributed by atoms with Gasteiger partial charge < -0.3 is 10.4 Å². The zero-order valence-electron chi connectivity index (χ0n) is 14.9. The molecular weight excluding hydrogens is 386 g/mol. The molecule has 1 aliphatic rings. The first-order valence-electron chi connectivity index (χ1n) is 8.64. The fourth-order valence-corrected chi connectivity index (χ4v) is 4.60. The monoisotopic (exact) mass is 405 g/mol. The molecule has 0 bridgehead atoms. The van der Waals surface area contributed by atoms with Gasteiger partial charge in [0.1, 0.15) is 5.75 Å². The van der Waals surface area contributed by atoms with Crippen molar-refractivity contribution < 1.29 is 23.2 Å². The molecule has 1 aliphatic heterocycles. The van der Waals surface area contributed by atoms with Crippen LogP contribution < -0.4 is 5.32 Å². The molecule has 0 saturated carbocycles. The Labute approximate surface area is 161 Å². The van der Waals surface area contributed by atoms with Gasteiger partial charge in [-0.25, -0.2) is 8.42 Å². The second kappa shape index (κ2) is 7.95. The number of anilines is 1. The van der Waals surface area contributed by atoms with Crippen LogP contribution in [0.5, 0.6) is 5.75 Å². The number of phenolic OH excluding ortho intramolecular Hbond substituents is 1. The van der Waals surface area contributed by atoms with Crippen LogP contribution in [0.4, 0.5) is 11.4 Å². The van der Waals surface area contributed by atoms with Crippen molar-refractivity contribution in [1.29, 1.82) is 0 Å². The van der Waals surface area contributed by atoms with Crippen molar-refractivity contribution in [2.75, 3.05) is 18.4 Å². The lowest BCUT2D eigenvalue weighted by atomic mass is 10.1. The van der Waals surface area contributed by atoms with E-state index in [4.69, 9.17) is 0 Å². The Hall–Kier alpha value is -2.98. The number of aromatic hydroxyl groups is 1. The molecular formula is C18H19N3O6S. The summed E-state index contributed by atoms with van der Waals surface area (Å²) < 4.78 is 26.7. The second-order valence-corrected chi connectivity index (χ2v) is 8.34. The molecule has 3 rings (SSSR count). The van der Waals surface area contributed by atoms with E-state index in [9.17, 15) is 28.4 Å². The Morgan fingerprint density at radius 2 is 1.86 bits per heavy atom. The summed E-state index contributed by atoms with van der Waals surface area (Å²) in [5.41, 5.74) is -0.0403. The van der Waals surface area contributed by atoms with Crippen LogP contribution >= 0.6 is 0 Å². The average molecular weight is 405 g/mol. The van der Waals surface area contributed by atoms with Gasteiger partial charge in [0, 0.05) is 24.7 Å². The Kier molecular flexibility index (Phi) is 5.61. The first kappa shape index (κ1) is 19.8. The molecule has 9 nitrogen and oxygen atoms in total. The van der Waals surface area contributed by atoms with Crippen molar-refractivity contribution in [3.05, 3.63) is 58.1 Å². The minimum absolute atomic E-state index is 0.0341. The van der Waals surface area contributed by atoms with E-state index in [0.717, 1.165) is 12.8 Å². The smallest absolute Gasteiger partial charge is 0.273 e. The number of hydrogen-bond acceptors (Lipinski definition) is 6. The summed E-state index contributed by atoms with van der Waals surface area (Å²) in [5.74, 6) is -0.906. The zero-order valence-corrected chi connectivity index (χ0v) is 15.7. The van der Waals surface area contributed by atoms with Crippen LogP contribution in [0.3, 0.4) is 0 Å². The molecule has 0 aromatic heterocycles. The molecule has 0 atom stereocenters. The number of nitro groups is 1. The predicted molar refractivity (Wildman–Crippen MR) is 102 cm³/mol. The van der Waals surface area contributed by atoms with Gasteiger partial charge in [0.25, 0.3) is 5.69 Å². The number of rotatable bonds is 6. The fourth-order valence-electron chi connectivity index (χ4n) is 3.06. The van der Waals surface area contributed by atoms with Crippen LogP contribution in [0.25, 0.3) is 0 Å². The van der Waals surface area contributed by atoms with Crippen LogP contribution in [0.1, 0.15) is 18.4 Å². The third kappa shape index (κ3) is 4.12. The number of nitro benzene ring substituents is 1. The molecule has 28 heavy (non-hydrogen) atoms. The van der Waals surface area contributed by atoms with Crippen molar-refractivity contribution in [1.82, 2.24) is 4.31 Å². The van der Waals surface area contributed by atoms with Gasteiger partial charge in [-0.15, -0.1) is 0 Å². The number of sulfonamides is 1. The average Bonchev–Trinajstić information content (AvgIpc) is 3.19. The number of amides is 1. The number of carbonyl (C=O) groups excluding carboxylic acids is 1. The van der Waals surface area contributed by atoms with Crippen molar-refractivity contribution in [2.45, 2.75) is 24.2 Å². The summed E-state index contributed by atoms with van der Waals surface area (Å²) in [4.78, 5) is 22.8. The number of nitrogens with zero attached hydrogens (tertiary/aromatic N) is 2. The van der Waals surface area contributed by atoms with Gasteiger partial charge in [-0.3, -0.25) is 14.9 Å². The maximum Gasteiger partial charge on any atom is 0.273 e. The number of phenols is 1. The third-order valence-electron chi connectivity index (χ3n) is 4.48. The minimum Gasteiger partial charge on any atom is -0.506 e. The lowest BCUT2D eigenvalue weighted by Crippen LogP contribution is -2.28. The minimum atomic E-state index is -3.71. The van der Waals surface area contributed by atoms with Gasteiger partial charge >= 0.3 is 0 Å². The standard InChI is InChI=1S/C18H19N3O6S/c22-17-8-7-14(28(26,27)20-9-3-4-10-20)12-15(17)19-18(23)11-13-5-1-2-6-16(13)21(24)25/h1-2,5-8,12,22H,3-4,9-11H2,(H,19,23). The van der Waals surface area contributed by atoms with Gasteiger partial charge in [0.15, 0.2) is 0 Å². The molecule has 10 heteroatoms. The van der Waals surface area contributed by atoms with E-state index in [1.54, 1.807) is 6.07 Å². The van der Waals surface area contributed by atoms with Crippen molar-refractivity contribution in [3.63, 3.8) is 0 Å². The highest BCUT2D eigenvalue weighted by atomic mass is 32.2. The maximum atomic E-state index is 12.7. The Bertz CT molecular complexity index is 1020. The maximum absolute atomic E-state index is 12.7. The number of hydrogen-bond donors (Lipinski definition) is 2. The number of carbonyl (C=O) groups is 1. The zero-order chi connectivity index (χ0) is 20.3. The quantitative estimate of drug-likeness (QED) is 0.431. The second-order valence-electron chi connectivity index (χ2n) is 6.40. The molecule has 0 spiro atoms. The van der Waals surface area contributed by atoms with E-state index in [2.05, 4.69) is 5.32 Å². The molecule has 0 aliphatic carbocycles. The van der Waals surface area contributed by atoms with Crippen LogP contribution in [0.15, 0.2) is 47.4 Å². The molecule has 1 heterocycles. The van der Waals surface area contributed by atoms with Gasteiger partial charge in [0.05, 0.1) is 21.9 Å². The highest BCUT2D eigenvalue weighted by molar-refractivity contribution is 7.89. The largest absolute Gasteiger partial charge is 0.506 e. The van der Waals surface area contributed by atoms with Crippen LogP contribution in [0.2, 0.25) is 0 Å². The third-order valence-corrected chi connectivity index (χ3v) is 6.38. The van der Waals surface area contributed by atoms with Crippen LogP contribution in [-0.4, -0.2) is 41.7 Å². The number of nitrogens with one attached hydrogen (secondary N) is 1. The SMILES string of the molecule is O=C(Cc1ccccc1[N+](=O)[O-])Nc1cc(S(=O)(=O)N2CCCC2)ccc1O. The lowest BCUT2D eigenvalue weighted by molar-refractivity contribution is -0.385. The summed E-state index contributed by atoms with van der Waals surface area (Å²) in [7, 11) is -3.71. The molecule has 0 radical (unpaired) electrons.